The molecule has 0 aliphatic heterocycles. The number of alkyl halides is 6. The van der Waals surface area contributed by atoms with Crippen LogP contribution in [-0.2, 0) is 0 Å². The lowest BCUT2D eigenvalue weighted by Crippen LogP contribution is -2.17. The Labute approximate surface area is 367 Å². The Bertz CT molecular complexity index is 3250. The minimum Gasteiger partial charge on any atom is -0.406 e. The van der Waals surface area contributed by atoms with E-state index >= 15 is 8.78 Å². The Hall–Kier alpha value is -9.98. The summed E-state index contributed by atoms with van der Waals surface area (Å²) in [6.45, 7) is 23.4. The van der Waals surface area contributed by atoms with Crippen LogP contribution in [0.15, 0.2) is 96.6 Å². The van der Waals surface area contributed by atoms with E-state index in [4.69, 9.17) is 19.7 Å². The van der Waals surface area contributed by atoms with Crippen molar-refractivity contribution in [1.29, 1.82) is 26.3 Å². The minimum absolute atomic E-state index is 0.186. The summed E-state index contributed by atoms with van der Waals surface area (Å²) in [6, 6.07) is 23.0. The van der Waals surface area contributed by atoms with E-state index in [1.54, 1.807) is 6.07 Å². The highest BCUT2D eigenvalue weighted by Crippen LogP contribution is 2.61. The largest absolute Gasteiger partial charge is 0.573 e. The van der Waals surface area contributed by atoms with E-state index in [-0.39, 0.29) is 44.8 Å². The molecule has 0 spiro atoms. The third-order valence-corrected chi connectivity index (χ3v) is 9.98. The van der Waals surface area contributed by atoms with Gasteiger partial charge in [0, 0.05) is 27.8 Å². The van der Waals surface area contributed by atoms with Gasteiger partial charge in [0.1, 0.15) is 35.5 Å². The summed E-state index contributed by atoms with van der Waals surface area (Å²) in [5.74, 6) is -4.44. The van der Waals surface area contributed by atoms with Crippen LogP contribution in [0.25, 0.3) is 70.4 Å². The smallest absolute Gasteiger partial charge is 0.406 e. The lowest BCUT2D eigenvalue weighted by Gasteiger charge is -2.24. The van der Waals surface area contributed by atoms with E-state index in [1.165, 1.54) is 0 Å². The molecule has 0 fully saturated rings. The fraction of sp³-hybridized carbons (Fsp3) is 0.0417. The van der Waals surface area contributed by atoms with Crippen LogP contribution in [-0.4, -0.2) is 12.7 Å². The number of benzene rings is 5. The molecule has 5 aromatic carbocycles. The van der Waals surface area contributed by atoms with E-state index in [2.05, 4.69) is 24.0 Å². The highest BCUT2D eigenvalue weighted by atomic mass is 19.4. The second kappa shape index (κ2) is 16.7. The highest BCUT2D eigenvalue weighted by molar-refractivity contribution is 6.25. The molecule has 0 radical (unpaired) electrons. The van der Waals surface area contributed by atoms with Gasteiger partial charge in [0.05, 0.1) is 59.7 Å². The van der Waals surface area contributed by atoms with Gasteiger partial charge in [-0.15, -0.1) is 26.3 Å². The molecule has 66 heavy (non-hydrogen) atoms. The normalized spacial score (nSPS) is 14.2. The minimum atomic E-state index is -5.20. The van der Waals surface area contributed by atoms with Crippen molar-refractivity contribution in [3.63, 3.8) is 0 Å². The average Bonchev–Trinajstić information content (AvgIpc) is 3.74. The Morgan fingerprint density at radius 1 is 0.485 bits per heavy atom. The van der Waals surface area contributed by atoms with E-state index in [1.807, 2.05) is 24.3 Å². The summed E-state index contributed by atoms with van der Waals surface area (Å²) in [6.07, 6.45) is -10.4. The standard InChI is InChI=1S/C48H14F8N8O2/c1-62-29-15-28(16-30(17-29)63-2)34(21-60)40-42-37(26-6-10-32(11-7-26)66-48(54,55)56)41-38(35(22-61)44(49)39(41)33(20-59)27-13-23(18-57)12-24(14-27)19-58)36(43(42)46(64-3)45(40)50)25-4-8-31(9-5-25)65-47(51,52)53/h4-17H/b39-33-,40-34-. The fourth-order valence-corrected chi connectivity index (χ4v) is 7.62. The summed E-state index contributed by atoms with van der Waals surface area (Å²) in [5.41, 5.74) is -9.07. The van der Waals surface area contributed by atoms with Crippen LogP contribution in [0.5, 0.6) is 11.5 Å². The molecular formula is C48H14F8N8O2. The Morgan fingerprint density at radius 3 is 1.30 bits per heavy atom. The zero-order valence-electron chi connectivity index (χ0n) is 32.5. The Morgan fingerprint density at radius 2 is 0.909 bits per heavy atom. The molecule has 0 atom stereocenters. The molecule has 0 aromatic heterocycles. The molecule has 0 bridgehead atoms. The topological polar surface area (TPSA) is 150 Å². The zero-order chi connectivity index (χ0) is 47.8. The van der Waals surface area contributed by atoms with Crippen molar-refractivity contribution < 1.29 is 44.6 Å². The first-order valence-electron chi connectivity index (χ1n) is 18.1. The first kappa shape index (κ1) is 44.1. The predicted molar refractivity (Wildman–Crippen MR) is 219 cm³/mol. The number of fused-ring (bicyclic) bond motifs is 2. The second-order valence-corrected chi connectivity index (χ2v) is 13.7. The molecule has 314 valence electrons. The van der Waals surface area contributed by atoms with Gasteiger partial charge in [0.15, 0.2) is 17.2 Å². The molecule has 0 saturated carbocycles. The maximum Gasteiger partial charge on any atom is 0.573 e. The third-order valence-electron chi connectivity index (χ3n) is 9.98. The predicted octanol–water partition coefficient (Wildman–Crippen LogP) is 13.3. The first-order valence-corrected chi connectivity index (χ1v) is 18.1. The molecular weight excluding hydrogens is 873 g/mol. The third kappa shape index (κ3) is 7.75. The second-order valence-electron chi connectivity index (χ2n) is 13.7. The molecule has 0 unspecified atom stereocenters. The van der Waals surface area contributed by atoms with Crippen LogP contribution < -0.4 is 9.47 Å². The van der Waals surface area contributed by atoms with Crippen molar-refractivity contribution in [3.05, 3.63) is 175 Å². The summed E-state index contributed by atoms with van der Waals surface area (Å²) in [5, 5.41) is 52.0. The van der Waals surface area contributed by atoms with Gasteiger partial charge >= 0.3 is 12.7 Å². The van der Waals surface area contributed by atoms with E-state index in [9.17, 15) is 52.7 Å². The van der Waals surface area contributed by atoms with Crippen molar-refractivity contribution in [2.45, 2.75) is 12.7 Å². The number of halogens is 8. The number of allylic oxidation sites excluding steroid dienone is 7. The van der Waals surface area contributed by atoms with Gasteiger partial charge in [0.25, 0.3) is 0 Å². The van der Waals surface area contributed by atoms with Crippen molar-refractivity contribution in [2.75, 3.05) is 0 Å². The van der Waals surface area contributed by atoms with Crippen LogP contribution in [0.4, 0.5) is 46.5 Å². The average molecular weight is 887 g/mol. The first-order chi connectivity index (χ1) is 31.4. The van der Waals surface area contributed by atoms with E-state index in [0.717, 1.165) is 84.9 Å². The van der Waals surface area contributed by atoms with Gasteiger partial charge in [-0.25, -0.2) is 23.3 Å². The molecule has 7 rings (SSSR count). The quantitative estimate of drug-likeness (QED) is 0.0935. The lowest BCUT2D eigenvalue weighted by molar-refractivity contribution is -0.275. The van der Waals surface area contributed by atoms with Crippen LogP contribution in [0, 0.1) is 76.4 Å². The molecule has 0 amide bonds. The van der Waals surface area contributed by atoms with Gasteiger partial charge in [-0.3, -0.25) is 0 Å². The molecule has 2 aliphatic rings. The fourth-order valence-electron chi connectivity index (χ4n) is 7.62. The van der Waals surface area contributed by atoms with E-state index in [0.29, 0.717) is 0 Å². The molecule has 2 aliphatic carbocycles. The lowest BCUT2D eigenvalue weighted by atomic mass is 9.78. The number of ether oxygens (including phenoxy) is 2. The van der Waals surface area contributed by atoms with Crippen LogP contribution in [0.1, 0.15) is 44.5 Å². The van der Waals surface area contributed by atoms with Gasteiger partial charge in [-0.05, 0) is 81.4 Å². The molecule has 10 nitrogen and oxygen atoms in total. The number of hydrogen-bond donors (Lipinski definition) is 0. The Kier molecular flexibility index (Phi) is 11.2. The van der Waals surface area contributed by atoms with Gasteiger partial charge in [0.2, 0.25) is 5.70 Å². The van der Waals surface area contributed by atoms with Crippen molar-refractivity contribution >= 4 is 44.9 Å². The monoisotopic (exact) mass is 886 g/mol. The number of hydrogen-bond acceptors (Lipinski definition) is 7. The summed E-state index contributed by atoms with van der Waals surface area (Å²) in [7, 11) is 0. The Balaban J connectivity index is 1.80. The molecule has 18 heteroatoms. The number of nitriles is 5. The van der Waals surface area contributed by atoms with E-state index < -0.39 is 103 Å². The summed E-state index contributed by atoms with van der Waals surface area (Å²) in [4.78, 5) is 10.0. The maximum atomic E-state index is 17.6. The zero-order valence-corrected chi connectivity index (χ0v) is 32.5. The van der Waals surface area contributed by atoms with Gasteiger partial charge in [-0.1, -0.05) is 42.5 Å². The van der Waals surface area contributed by atoms with Gasteiger partial charge in [-0.2, -0.15) is 26.3 Å². The number of nitrogens with zero attached hydrogens (tertiary/aromatic N) is 8. The van der Waals surface area contributed by atoms with Crippen LogP contribution in [0.3, 0.4) is 0 Å². The van der Waals surface area contributed by atoms with Crippen molar-refractivity contribution in [1.82, 2.24) is 0 Å². The SMILES string of the molecule is [C-]#[N+]C1=C(F)/C(=C(/C#N)c2cc([N+]#[C-])cc([N+]#[C-])c2)c2c1c(-c1ccc(OC(F)(F)F)cc1)c1c(c2-c2ccc(OC(F)(F)F)cc2)/C(=C(\C#N)c2cc(C#N)cc(C#N)c2)C(F)=C1C#N. The molecule has 5 aromatic rings. The molecule has 0 saturated heterocycles. The summed E-state index contributed by atoms with van der Waals surface area (Å²) < 4.78 is 123. The van der Waals surface area contributed by atoms with Crippen molar-refractivity contribution in [2.24, 2.45) is 0 Å². The highest BCUT2D eigenvalue weighted by Gasteiger charge is 2.44. The van der Waals surface area contributed by atoms with Crippen LogP contribution >= 0.6 is 0 Å². The van der Waals surface area contributed by atoms with Gasteiger partial charge < -0.3 is 9.47 Å². The summed E-state index contributed by atoms with van der Waals surface area (Å²) >= 11 is 0. The molecule has 0 heterocycles. The van der Waals surface area contributed by atoms with Crippen LogP contribution in [0.2, 0.25) is 0 Å². The number of rotatable bonds is 6. The maximum absolute atomic E-state index is 17.6. The van der Waals surface area contributed by atoms with Crippen molar-refractivity contribution in [3.8, 4) is 64.1 Å². The molecule has 0 N–H and O–H groups in total.